The Morgan fingerprint density at radius 2 is 1.66 bits per heavy atom. The first kappa shape index (κ1) is 19.4. The number of rotatable bonds is 4. The molecule has 0 aliphatic carbocycles. The topological polar surface area (TPSA) is 71.6 Å². The van der Waals surface area contributed by atoms with E-state index in [1.807, 2.05) is 6.20 Å². The van der Waals surface area contributed by atoms with E-state index in [4.69, 9.17) is 4.42 Å². The quantitative estimate of drug-likeness (QED) is 0.599. The summed E-state index contributed by atoms with van der Waals surface area (Å²) in [7, 11) is 0. The lowest BCUT2D eigenvalue weighted by Crippen LogP contribution is -2.50. The summed E-state index contributed by atoms with van der Waals surface area (Å²) in [4.78, 5) is 28.6. The van der Waals surface area contributed by atoms with Crippen molar-refractivity contribution in [1.82, 2.24) is 19.6 Å². The van der Waals surface area contributed by atoms with E-state index < -0.39 is 0 Å². The van der Waals surface area contributed by atoms with Gasteiger partial charge in [-0.1, -0.05) is 0 Å². The summed E-state index contributed by atoms with van der Waals surface area (Å²) in [5.41, 5.74) is 0.917. The third-order valence-corrected chi connectivity index (χ3v) is 5.18. The van der Waals surface area contributed by atoms with Crippen LogP contribution in [0.2, 0.25) is 0 Å². The van der Waals surface area contributed by atoms with Crippen molar-refractivity contribution >= 4 is 27.7 Å². The van der Waals surface area contributed by atoms with E-state index >= 15 is 0 Å². The summed E-state index contributed by atoms with van der Waals surface area (Å²) in [6.07, 6.45) is 4.95. The molecule has 0 radical (unpaired) electrons. The van der Waals surface area contributed by atoms with Crippen LogP contribution in [0.4, 0.5) is 4.39 Å². The monoisotopic (exact) mass is 460 g/mol. The van der Waals surface area contributed by atoms with Crippen LogP contribution >= 0.6 is 15.9 Å². The van der Waals surface area contributed by atoms with E-state index in [-0.39, 0.29) is 17.6 Å². The molecule has 2 amide bonds. The number of furan rings is 1. The molecule has 0 spiro atoms. The van der Waals surface area contributed by atoms with Gasteiger partial charge in [-0.25, -0.2) is 4.39 Å². The molecular formula is C20H18BrFN4O3. The van der Waals surface area contributed by atoms with Gasteiger partial charge in [0.2, 0.25) is 0 Å². The Balaban J connectivity index is 1.34. The van der Waals surface area contributed by atoms with Gasteiger partial charge in [0.05, 0.1) is 22.8 Å². The first-order chi connectivity index (χ1) is 14.0. The highest BCUT2D eigenvalue weighted by atomic mass is 79.9. The number of nitrogens with zero attached hydrogens (tertiary/aromatic N) is 4. The van der Waals surface area contributed by atoms with E-state index in [9.17, 15) is 14.0 Å². The third kappa shape index (κ3) is 4.40. The highest BCUT2D eigenvalue weighted by Gasteiger charge is 2.26. The molecule has 0 saturated carbocycles. The van der Waals surface area contributed by atoms with Gasteiger partial charge in [0.25, 0.3) is 11.8 Å². The standard InChI is InChI=1S/C20H18BrFN4O3/c21-16-10-23-26(11-16)12-18-9-15(13-29-18)20(28)25-7-5-24(6-8-25)19(27)14-1-3-17(22)4-2-14/h1-4,9-11,13H,5-8,12H2. The second-order valence-corrected chi connectivity index (χ2v) is 7.66. The van der Waals surface area contributed by atoms with Gasteiger partial charge in [0.1, 0.15) is 17.8 Å². The molecule has 9 heteroatoms. The van der Waals surface area contributed by atoms with E-state index in [1.54, 1.807) is 26.7 Å². The molecule has 0 N–H and O–H groups in total. The molecule has 1 aliphatic heterocycles. The largest absolute Gasteiger partial charge is 0.467 e. The number of halogens is 2. The molecule has 1 aromatic carbocycles. The SMILES string of the molecule is O=C(c1ccc(F)cc1)N1CCN(C(=O)c2coc(Cn3cc(Br)cn3)c2)CC1. The lowest BCUT2D eigenvalue weighted by molar-refractivity contribution is 0.0535. The van der Waals surface area contributed by atoms with Gasteiger partial charge in [0.15, 0.2) is 0 Å². The van der Waals surface area contributed by atoms with Crippen molar-refractivity contribution in [3.8, 4) is 0 Å². The molecule has 0 unspecified atom stereocenters. The van der Waals surface area contributed by atoms with Crippen molar-refractivity contribution in [1.29, 1.82) is 0 Å². The van der Waals surface area contributed by atoms with Crippen LogP contribution < -0.4 is 0 Å². The molecule has 2 aromatic heterocycles. The van der Waals surface area contributed by atoms with Gasteiger partial charge >= 0.3 is 0 Å². The maximum atomic E-state index is 13.0. The number of carbonyl (C=O) groups is 2. The number of benzene rings is 1. The van der Waals surface area contributed by atoms with Crippen LogP contribution in [0.25, 0.3) is 0 Å². The molecule has 4 rings (SSSR count). The Kier molecular flexibility index (Phi) is 5.48. The minimum Gasteiger partial charge on any atom is -0.467 e. The first-order valence-electron chi connectivity index (χ1n) is 9.09. The Labute approximate surface area is 174 Å². The highest BCUT2D eigenvalue weighted by molar-refractivity contribution is 9.10. The molecular weight excluding hydrogens is 443 g/mol. The number of carbonyl (C=O) groups excluding carboxylic acids is 2. The molecule has 0 atom stereocenters. The zero-order chi connectivity index (χ0) is 20.4. The zero-order valence-corrected chi connectivity index (χ0v) is 17.0. The number of piperazine rings is 1. The lowest BCUT2D eigenvalue weighted by atomic mass is 10.1. The lowest BCUT2D eigenvalue weighted by Gasteiger charge is -2.34. The number of hydrogen-bond acceptors (Lipinski definition) is 4. The Morgan fingerprint density at radius 3 is 2.24 bits per heavy atom. The maximum absolute atomic E-state index is 13.0. The van der Waals surface area contributed by atoms with Crippen molar-refractivity contribution in [3.05, 3.63) is 76.2 Å². The predicted octanol–water partition coefficient (Wildman–Crippen LogP) is 3.02. The summed E-state index contributed by atoms with van der Waals surface area (Å²) in [6, 6.07) is 7.20. The van der Waals surface area contributed by atoms with Gasteiger partial charge in [0, 0.05) is 37.9 Å². The van der Waals surface area contributed by atoms with Crippen molar-refractivity contribution in [2.24, 2.45) is 0 Å². The minimum absolute atomic E-state index is 0.129. The van der Waals surface area contributed by atoms with Crippen molar-refractivity contribution in [2.75, 3.05) is 26.2 Å². The van der Waals surface area contributed by atoms with Crippen molar-refractivity contribution in [2.45, 2.75) is 6.54 Å². The van der Waals surface area contributed by atoms with Crippen molar-refractivity contribution in [3.63, 3.8) is 0 Å². The average Bonchev–Trinajstić information content (AvgIpc) is 3.37. The van der Waals surface area contributed by atoms with E-state index in [1.165, 1.54) is 30.5 Å². The van der Waals surface area contributed by atoms with Crippen LogP contribution in [0.1, 0.15) is 26.5 Å². The van der Waals surface area contributed by atoms with Crippen LogP contribution in [0, 0.1) is 5.82 Å². The van der Waals surface area contributed by atoms with E-state index in [2.05, 4.69) is 21.0 Å². The van der Waals surface area contributed by atoms with Gasteiger partial charge in [-0.2, -0.15) is 5.10 Å². The summed E-state index contributed by atoms with van der Waals surface area (Å²) in [5, 5.41) is 4.17. The normalized spacial score (nSPS) is 14.3. The van der Waals surface area contributed by atoms with Gasteiger partial charge in [-0.3, -0.25) is 14.3 Å². The molecule has 29 heavy (non-hydrogen) atoms. The second-order valence-electron chi connectivity index (χ2n) is 6.75. The molecule has 3 heterocycles. The highest BCUT2D eigenvalue weighted by Crippen LogP contribution is 2.16. The van der Waals surface area contributed by atoms with Crippen LogP contribution in [0.3, 0.4) is 0 Å². The fraction of sp³-hybridized carbons (Fsp3) is 0.250. The Morgan fingerprint density at radius 1 is 1.03 bits per heavy atom. The number of amides is 2. The minimum atomic E-state index is -0.378. The number of aromatic nitrogens is 2. The maximum Gasteiger partial charge on any atom is 0.257 e. The zero-order valence-electron chi connectivity index (χ0n) is 15.4. The summed E-state index contributed by atoms with van der Waals surface area (Å²) in [6.45, 7) is 2.14. The predicted molar refractivity (Wildman–Crippen MR) is 106 cm³/mol. The third-order valence-electron chi connectivity index (χ3n) is 4.77. The Bertz CT molecular complexity index is 1020. The molecule has 1 fully saturated rings. The fourth-order valence-corrected chi connectivity index (χ4v) is 3.56. The molecule has 0 bridgehead atoms. The van der Waals surface area contributed by atoms with Gasteiger partial charge in [-0.05, 0) is 46.3 Å². The molecule has 7 nitrogen and oxygen atoms in total. The summed E-state index contributed by atoms with van der Waals surface area (Å²) < 4.78 is 21.1. The molecule has 150 valence electrons. The Hall–Kier alpha value is -2.94. The first-order valence-corrected chi connectivity index (χ1v) is 9.88. The smallest absolute Gasteiger partial charge is 0.257 e. The molecule has 1 saturated heterocycles. The average molecular weight is 461 g/mol. The second kappa shape index (κ2) is 8.20. The molecule has 3 aromatic rings. The van der Waals surface area contributed by atoms with Crippen LogP contribution in [0.15, 0.2) is 57.9 Å². The summed E-state index contributed by atoms with van der Waals surface area (Å²) in [5.74, 6) is -0.0330. The van der Waals surface area contributed by atoms with Crippen LogP contribution in [0.5, 0.6) is 0 Å². The van der Waals surface area contributed by atoms with E-state index in [0.717, 1.165) is 4.47 Å². The van der Waals surface area contributed by atoms with Crippen LogP contribution in [-0.4, -0.2) is 57.6 Å². The van der Waals surface area contributed by atoms with Gasteiger partial charge in [-0.15, -0.1) is 0 Å². The summed E-state index contributed by atoms with van der Waals surface area (Å²) >= 11 is 3.34. The van der Waals surface area contributed by atoms with E-state index in [0.29, 0.717) is 49.6 Å². The fourth-order valence-electron chi connectivity index (χ4n) is 3.23. The van der Waals surface area contributed by atoms with Gasteiger partial charge < -0.3 is 14.2 Å². The van der Waals surface area contributed by atoms with Crippen molar-refractivity contribution < 1.29 is 18.4 Å². The van der Waals surface area contributed by atoms with Crippen LogP contribution in [-0.2, 0) is 6.54 Å². The molecule has 1 aliphatic rings. The number of hydrogen-bond donors (Lipinski definition) is 0.